The first-order chi connectivity index (χ1) is 11.6. The number of hydrogen-bond donors (Lipinski definition) is 1. The molecule has 9 heteroatoms. The number of aromatic nitrogens is 3. The Morgan fingerprint density at radius 2 is 2.17 bits per heavy atom. The molecule has 0 atom stereocenters. The van der Waals surface area contributed by atoms with E-state index in [9.17, 15) is 9.18 Å². The van der Waals surface area contributed by atoms with Gasteiger partial charge in [0.2, 0.25) is 11.8 Å². The molecule has 0 radical (unpaired) electrons. The van der Waals surface area contributed by atoms with E-state index in [2.05, 4.69) is 20.5 Å². The Morgan fingerprint density at radius 1 is 1.29 bits per heavy atom. The monoisotopic (exact) mass is 364 g/mol. The fourth-order valence-electron chi connectivity index (χ4n) is 1.80. The first-order valence-corrected chi connectivity index (χ1v) is 8.11. The minimum Gasteiger partial charge on any atom is -0.411 e. The second-order valence-electron chi connectivity index (χ2n) is 4.56. The molecule has 1 amide bonds. The van der Waals surface area contributed by atoms with E-state index in [0.717, 1.165) is 11.8 Å². The third kappa shape index (κ3) is 4.09. The molecular formula is C15H10ClFN4O2S. The fraction of sp³-hybridized carbons (Fsp3) is 0.0667. The Labute approximate surface area is 145 Å². The molecule has 0 fully saturated rings. The van der Waals surface area contributed by atoms with Crippen LogP contribution in [0.1, 0.15) is 0 Å². The smallest absolute Gasteiger partial charge is 0.277 e. The maximum Gasteiger partial charge on any atom is 0.277 e. The lowest BCUT2D eigenvalue weighted by Crippen LogP contribution is -2.14. The SMILES string of the molecule is O=C(CSc1nnc(-c2cccc(F)c2)o1)Nc1cccnc1Cl. The van der Waals surface area contributed by atoms with Gasteiger partial charge in [0.15, 0.2) is 5.15 Å². The molecule has 0 aliphatic carbocycles. The predicted octanol–water partition coefficient (Wildman–Crippen LogP) is 3.65. The molecule has 1 aromatic carbocycles. The topological polar surface area (TPSA) is 80.9 Å². The first kappa shape index (κ1) is 16.4. The summed E-state index contributed by atoms with van der Waals surface area (Å²) in [5.74, 6) is -0.448. The Bertz CT molecular complexity index is 874. The van der Waals surface area contributed by atoms with Crippen LogP contribution in [0.3, 0.4) is 0 Å². The molecule has 24 heavy (non-hydrogen) atoms. The van der Waals surface area contributed by atoms with Gasteiger partial charge < -0.3 is 9.73 Å². The summed E-state index contributed by atoms with van der Waals surface area (Å²) in [6, 6.07) is 9.13. The van der Waals surface area contributed by atoms with Crippen molar-refractivity contribution in [2.24, 2.45) is 0 Å². The number of thioether (sulfide) groups is 1. The van der Waals surface area contributed by atoms with E-state index in [1.54, 1.807) is 24.3 Å². The van der Waals surface area contributed by atoms with Crippen molar-refractivity contribution < 1.29 is 13.6 Å². The Morgan fingerprint density at radius 3 is 2.96 bits per heavy atom. The lowest BCUT2D eigenvalue weighted by Gasteiger charge is -2.04. The summed E-state index contributed by atoms with van der Waals surface area (Å²) in [6.07, 6.45) is 1.53. The van der Waals surface area contributed by atoms with Crippen LogP contribution in [-0.4, -0.2) is 26.8 Å². The predicted molar refractivity (Wildman–Crippen MR) is 88.3 cm³/mol. The van der Waals surface area contributed by atoms with Gasteiger partial charge in [-0.2, -0.15) is 0 Å². The highest BCUT2D eigenvalue weighted by Gasteiger charge is 2.12. The van der Waals surface area contributed by atoms with E-state index < -0.39 is 5.82 Å². The zero-order valence-corrected chi connectivity index (χ0v) is 13.6. The van der Waals surface area contributed by atoms with Crippen molar-refractivity contribution in [3.05, 3.63) is 53.6 Å². The molecule has 0 aliphatic rings. The zero-order chi connectivity index (χ0) is 16.9. The fourth-order valence-corrected chi connectivity index (χ4v) is 2.53. The molecular weight excluding hydrogens is 355 g/mol. The van der Waals surface area contributed by atoms with Gasteiger partial charge in [0.1, 0.15) is 5.82 Å². The largest absolute Gasteiger partial charge is 0.411 e. The maximum absolute atomic E-state index is 13.2. The van der Waals surface area contributed by atoms with Crippen LogP contribution in [0.25, 0.3) is 11.5 Å². The van der Waals surface area contributed by atoms with E-state index in [4.69, 9.17) is 16.0 Å². The lowest BCUT2D eigenvalue weighted by molar-refractivity contribution is -0.113. The van der Waals surface area contributed by atoms with Crippen molar-refractivity contribution in [2.75, 3.05) is 11.1 Å². The molecule has 0 spiro atoms. The van der Waals surface area contributed by atoms with Gasteiger partial charge in [-0.05, 0) is 30.3 Å². The van der Waals surface area contributed by atoms with Crippen LogP contribution in [-0.2, 0) is 4.79 Å². The van der Waals surface area contributed by atoms with E-state index in [-0.39, 0.29) is 27.9 Å². The summed E-state index contributed by atoms with van der Waals surface area (Å²) in [5, 5.41) is 10.7. The average molecular weight is 365 g/mol. The quantitative estimate of drug-likeness (QED) is 0.549. The second kappa shape index (κ2) is 7.41. The van der Waals surface area contributed by atoms with Crippen LogP contribution in [0.15, 0.2) is 52.2 Å². The molecule has 0 aliphatic heterocycles. The Hall–Kier alpha value is -2.45. The third-order valence-corrected chi connectivity index (χ3v) is 3.96. The van der Waals surface area contributed by atoms with Crippen LogP contribution in [0.2, 0.25) is 5.15 Å². The maximum atomic E-state index is 13.2. The number of nitrogens with zero attached hydrogens (tertiary/aromatic N) is 3. The van der Waals surface area contributed by atoms with Gasteiger partial charge in [-0.25, -0.2) is 9.37 Å². The summed E-state index contributed by atoms with van der Waals surface area (Å²) in [4.78, 5) is 15.8. The minimum atomic E-state index is -0.396. The highest BCUT2D eigenvalue weighted by molar-refractivity contribution is 7.99. The van der Waals surface area contributed by atoms with Crippen LogP contribution >= 0.6 is 23.4 Å². The Balaban J connectivity index is 1.59. The van der Waals surface area contributed by atoms with Gasteiger partial charge in [-0.3, -0.25) is 4.79 Å². The number of hydrogen-bond acceptors (Lipinski definition) is 6. The lowest BCUT2D eigenvalue weighted by atomic mass is 10.2. The third-order valence-electron chi connectivity index (χ3n) is 2.84. The van der Waals surface area contributed by atoms with Crippen molar-refractivity contribution >= 4 is 35.0 Å². The van der Waals surface area contributed by atoms with Crippen molar-refractivity contribution in [1.82, 2.24) is 15.2 Å². The number of anilines is 1. The molecule has 122 valence electrons. The molecule has 2 heterocycles. The summed E-state index contributed by atoms with van der Waals surface area (Å²) in [5.41, 5.74) is 0.900. The van der Waals surface area contributed by atoms with Crippen LogP contribution < -0.4 is 5.32 Å². The summed E-state index contributed by atoms with van der Waals surface area (Å²) in [6.45, 7) is 0. The van der Waals surface area contributed by atoms with Crippen LogP contribution in [0.4, 0.5) is 10.1 Å². The number of rotatable bonds is 5. The van der Waals surface area contributed by atoms with Crippen molar-refractivity contribution in [2.45, 2.75) is 5.22 Å². The van der Waals surface area contributed by atoms with Crippen molar-refractivity contribution in [1.29, 1.82) is 0 Å². The number of carbonyl (C=O) groups excluding carboxylic acids is 1. The zero-order valence-electron chi connectivity index (χ0n) is 12.1. The molecule has 3 rings (SSSR count). The number of carbonyl (C=O) groups is 1. The number of halogens is 2. The van der Waals surface area contributed by atoms with Crippen LogP contribution in [0, 0.1) is 5.82 Å². The van der Waals surface area contributed by atoms with E-state index in [0.29, 0.717) is 11.3 Å². The summed E-state index contributed by atoms with van der Waals surface area (Å²) >= 11 is 6.93. The van der Waals surface area contributed by atoms with Gasteiger partial charge in [-0.15, -0.1) is 10.2 Å². The van der Waals surface area contributed by atoms with Gasteiger partial charge in [0.05, 0.1) is 11.4 Å². The first-order valence-electron chi connectivity index (χ1n) is 6.74. The Kier molecular flexibility index (Phi) is 5.07. The van der Waals surface area contributed by atoms with Gasteiger partial charge in [-0.1, -0.05) is 29.4 Å². The van der Waals surface area contributed by atoms with Gasteiger partial charge >= 0.3 is 0 Å². The van der Waals surface area contributed by atoms with Crippen molar-refractivity contribution in [3.63, 3.8) is 0 Å². The standard InChI is InChI=1S/C15H10ClFN4O2S/c16-13-11(5-2-6-18-13)19-12(22)8-24-15-21-20-14(23-15)9-3-1-4-10(17)7-9/h1-7H,8H2,(H,19,22). The number of amides is 1. The summed E-state index contributed by atoms with van der Waals surface area (Å²) in [7, 11) is 0. The highest BCUT2D eigenvalue weighted by atomic mass is 35.5. The van der Waals surface area contributed by atoms with E-state index >= 15 is 0 Å². The molecule has 0 bridgehead atoms. The molecule has 2 aromatic heterocycles. The normalized spacial score (nSPS) is 10.6. The summed E-state index contributed by atoms with van der Waals surface area (Å²) < 4.78 is 18.6. The second-order valence-corrected chi connectivity index (χ2v) is 5.85. The molecule has 1 N–H and O–H groups in total. The molecule has 0 saturated carbocycles. The number of nitrogens with one attached hydrogen (secondary N) is 1. The van der Waals surface area contributed by atoms with E-state index in [1.807, 2.05) is 0 Å². The molecule has 3 aromatic rings. The highest BCUT2D eigenvalue weighted by Crippen LogP contribution is 2.24. The van der Waals surface area contributed by atoms with E-state index in [1.165, 1.54) is 18.3 Å². The van der Waals surface area contributed by atoms with Crippen LogP contribution in [0.5, 0.6) is 0 Å². The molecule has 0 saturated heterocycles. The van der Waals surface area contributed by atoms with Gasteiger partial charge in [0, 0.05) is 11.8 Å². The average Bonchev–Trinajstić information content (AvgIpc) is 3.04. The minimum absolute atomic E-state index is 0.0516. The molecule has 0 unspecified atom stereocenters. The number of benzene rings is 1. The van der Waals surface area contributed by atoms with Gasteiger partial charge in [0.25, 0.3) is 5.22 Å². The number of pyridine rings is 1. The molecule has 6 nitrogen and oxygen atoms in total. The van der Waals surface area contributed by atoms with Crippen molar-refractivity contribution in [3.8, 4) is 11.5 Å².